The highest BCUT2D eigenvalue weighted by molar-refractivity contribution is 5.05. The highest BCUT2D eigenvalue weighted by atomic mass is 16.5. The van der Waals surface area contributed by atoms with Crippen LogP contribution in [0.1, 0.15) is 51.9 Å². The highest BCUT2D eigenvalue weighted by Crippen LogP contribution is 2.34. The molecule has 0 aromatic carbocycles. The fraction of sp³-hybridized carbons (Fsp3) is 0.923. The first-order valence-corrected chi connectivity index (χ1v) is 6.42. The Labute approximate surface area is 98.4 Å². The van der Waals surface area contributed by atoms with Gasteiger partial charge in [-0.25, -0.2) is 0 Å². The molecule has 0 radical (unpaired) electrons. The van der Waals surface area contributed by atoms with Gasteiger partial charge in [-0.05, 0) is 12.8 Å². The molecule has 0 bridgehead atoms. The quantitative estimate of drug-likeness (QED) is 0.678. The fourth-order valence-electron chi connectivity index (χ4n) is 2.22. The lowest BCUT2D eigenvalue weighted by atomic mass is 9.80. The van der Waals surface area contributed by atoms with E-state index in [2.05, 4.69) is 13.0 Å². The van der Waals surface area contributed by atoms with Crippen molar-refractivity contribution < 1.29 is 9.84 Å². The van der Waals surface area contributed by atoms with E-state index in [1.807, 2.05) is 0 Å². The molecule has 1 N–H and O–H groups in total. The van der Waals surface area contributed by atoms with Crippen LogP contribution < -0.4 is 0 Å². The second-order valence-corrected chi connectivity index (χ2v) is 4.79. The third-order valence-corrected chi connectivity index (χ3v) is 3.49. The molecule has 0 aliphatic carbocycles. The van der Waals surface area contributed by atoms with Gasteiger partial charge < -0.3 is 9.84 Å². The van der Waals surface area contributed by atoms with Crippen LogP contribution in [0.3, 0.4) is 0 Å². The zero-order valence-corrected chi connectivity index (χ0v) is 10.2. The Bertz CT molecular complexity index is 229. The van der Waals surface area contributed by atoms with Crippen LogP contribution >= 0.6 is 0 Å². The molecule has 2 unspecified atom stereocenters. The molecule has 0 spiro atoms. The summed E-state index contributed by atoms with van der Waals surface area (Å²) in [4.78, 5) is 0. The summed E-state index contributed by atoms with van der Waals surface area (Å²) < 4.78 is 5.23. The van der Waals surface area contributed by atoms with E-state index >= 15 is 0 Å². The first-order chi connectivity index (χ1) is 7.75. The maximum Gasteiger partial charge on any atom is 0.109 e. The Morgan fingerprint density at radius 2 is 2.12 bits per heavy atom. The Morgan fingerprint density at radius 3 is 2.69 bits per heavy atom. The second kappa shape index (κ2) is 6.88. The van der Waals surface area contributed by atoms with E-state index in [-0.39, 0.29) is 0 Å². The zero-order chi connectivity index (χ0) is 11.9. The summed E-state index contributed by atoms with van der Waals surface area (Å²) >= 11 is 0. The molecule has 16 heavy (non-hydrogen) atoms. The number of hydrogen-bond acceptors (Lipinski definition) is 3. The number of nitriles is 1. The van der Waals surface area contributed by atoms with Crippen molar-refractivity contribution in [2.75, 3.05) is 13.2 Å². The Hall–Kier alpha value is -0.590. The molecule has 1 fully saturated rings. The lowest BCUT2D eigenvalue weighted by molar-refractivity contribution is 0.0431. The van der Waals surface area contributed by atoms with Crippen molar-refractivity contribution in [1.82, 2.24) is 0 Å². The van der Waals surface area contributed by atoms with E-state index < -0.39 is 11.5 Å². The van der Waals surface area contributed by atoms with E-state index in [1.165, 1.54) is 19.3 Å². The topological polar surface area (TPSA) is 53.2 Å². The average molecular weight is 225 g/mol. The third kappa shape index (κ3) is 3.47. The van der Waals surface area contributed by atoms with Crippen molar-refractivity contribution >= 4 is 0 Å². The Balaban J connectivity index is 2.23. The summed E-state index contributed by atoms with van der Waals surface area (Å²) in [7, 11) is 0. The van der Waals surface area contributed by atoms with Crippen molar-refractivity contribution in [2.24, 2.45) is 5.41 Å². The van der Waals surface area contributed by atoms with Crippen LogP contribution in [-0.4, -0.2) is 24.4 Å². The van der Waals surface area contributed by atoms with Gasteiger partial charge in [-0.2, -0.15) is 5.26 Å². The molecule has 0 aromatic rings. The van der Waals surface area contributed by atoms with Crippen LogP contribution in [0.5, 0.6) is 0 Å². The molecule has 3 nitrogen and oxygen atoms in total. The summed E-state index contributed by atoms with van der Waals surface area (Å²) in [6, 6.07) is 2.25. The summed E-state index contributed by atoms with van der Waals surface area (Å²) in [5.41, 5.74) is -0.620. The van der Waals surface area contributed by atoms with Crippen LogP contribution in [0.25, 0.3) is 0 Å². The van der Waals surface area contributed by atoms with Crippen molar-refractivity contribution in [3.05, 3.63) is 0 Å². The molecule has 0 aromatic heterocycles. The first kappa shape index (κ1) is 13.5. The minimum absolute atomic E-state index is 0.402. The van der Waals surface area contributed by atoms with Gasteiger partial charge in [-0.1, -0.05) is 39.0 Å². The predicted molar refractivity (Wildman–Crippen MR) is 62.9 cm³/mol. The van der Waals surface area contributed by atoms with Gasteiger partial charge in [0.15, 0.2) is 0 Å². The van der Waals surface area contributed by atoms with Crippen LogP contribution in [0, 0.1) is 16.7 Å². The average Bonchev–Trinajstić information content (AvgIpc) is 2.78. The van der Waals surface area contributed by atoms with E-state index in [4.69, 9.17) is 10.00 Å². The Kier molecular flexibility index (Phi) is 5.79. The van der Waals surface area contributed by atoms with E-state index in [9.17, 15) is 5.11 Å². The molecule has 2 atom stereocenters. The maximum atomic E-state index is 10.1. The number of hydrogen-bond donors (Lipinski definition) is 1. The normalized spacial score (nSPS) is 26.6. The number of ether oxygens (including phenoxy) is 1. The summed E-state index contributed by atoms with van der Waals surface area (Å²) in [5, 5.41) is 19.2. The third-order valence-electron chi connectivity index (χ3n) is 3.49. The SMILES string of the molecule is CCCCCCCC(O)C1(C#N)CCOC1. The zero-order valence-electron chi connectivity index (χ0n) is 10.2. The summed E-state index contributed by atoms with van der Waals surface area (Å²) in [6.45, 7) is 3.20. The fourth-order valence-corrected chi connectivity index (χ4v) is 2.22. The highest BCUT2D eigenvalue weighted by Gasteiger charge is 2.41. The smallest absolute Gasteiger partial charge is 0.109 e. The van der Waals surface area contributed by atoms with Crippen molar-refractivity contribution in [3.8, 4) is 6.07 Å². The predicted octanol–water partition coefficient (Wildman–Crippen LogP) is 2.64. The molecule has 1 saturated heterocycles. The largest absolute Gasteiger partial charge is 0.391 e. The van der Waals surface area contributed by atoms with Gasteiger partial charge in [0.2, 0.25) is 0 Å². The van der Waals surface area contributed by atoms with Gasteiger partial charge in [-0.3, -0.25) is 0 Å². The van der Waals surface area contributed by atoms with Crippen molar-refractivity contribution in [3.63, 3.8) is 0 Å². The lowest BCUT2D eigenvalue weighted by Gasteiger charge is -2.25. The monoisotopic (exact) mass is 225 g/mol. The number of aliphatic hydroxyl groups excluding tert-OH is 1. The minimum Gasteiger partial charge on any atom is -0.391 e. The van der Waals surface area contributed by atoms with Crippen LogP contribution in [0.15, 0.2) is 0 Å². The molecule has 1 heterocycles. The van der Waals surface area contributed by atoms with Gasteiger partial charge in [-0.15, -0.1) is 0 Å². The molecule has 1 aliphatic rings. The number of aliphatic hydroxyl groups is 1. The molecule has 1 aliphatic heterocycles. The number of unbranched alkanes of at least 4 members (excludes halogenated alkanes) is 4. The van der Waals surface area contributed by atoms with E-state index in [1.54, 1.807) is 0 Å². The van der Waals surface area contributed by atoms with Gasteiger partial charge in [0.1, 0.15) is 5.41 Å². The molecule has 0 saturated carbocycles. The van der Waals surface area contributed by atoms with Crippen molar-refractivity contribution in [2.45, 2.75) is 58.0 Å². The minimum atomic E-state index is -0.620. The lowest BCUT2D eigenvalue weighted by Crippen LogP contribution is -2.34. The molecule has 1 rings (SSSR count). The van der Waals surface area contributed by atoms with Crippen LogP contribution in [-0.2, 0) is 4.74 Å². The molecular weight excluding hydrogens is 202 g/mol. The maximum absolute atomic E-state index is 10.1. The van der Waals surface area contributed by atoms with Gasteiger partial charge in [0.25, 0.3) is 0 Å². The molecule has 92 valence electrons. The summed E-state index contributed by atoms with van der Waals surface area (Å²) in [6.07, 6.45) is 6.82. The Morgan fingerprint density at radius 1 is 1.38 bits per heavy atom. The van der Waals surface area contributed by atoms with Gasteiger partial charge in [0, 0.05) is 6.61 Å². The molecular formula is C13H23NO2. The van der Waals surface area contributed by atoms with Crippen molar-refractivity contribution in [1.29, 1.82) is 5.26 Å². The number of nitrogens with zero attached hydrogens (tertiary/aromatic N) is 1. The molecule has 3 heteroatoms. The van der Waals surface area contributed by atoms with Crippen LogP contribution in [0.4, 0.5) is 0 Å². The summed E-state index contributed by atoms with van der Waals surface area (Å²) in [5.74, 6) is 0. The van der Waals surface area contributed by atoms with E-state index in [0.717, 1.165) is 19.3 Å². The standard InChI is InChI=1S/C13H23NO2/c1-2-3-4-5-6-7-12(15)13(10-14)8-9-16-11-13/h12,15H,2-9,11H2,1H3. The van der Waals surface area contributed by atoms with Gasteiger partial charge in [0.05, 0.1) is 18.8 Å². The van der Waals surface area contributed by atoms with Crippen LogP contribution in [0.2, 0.25) is 0 Å². The van der Waals surface area contributed by atoms with E-state index in [0.29, 0.717) is 19.6 Å². The second-order valence-electron chi connectivity index (χ2n) is 4.79. The molecule has 0 amide bonds. The first-order valence-electron chi connectivity index (χ1n) is 6.42. The number of rotatable bonds is 7. The van der Waals surface area contributed by atoms with Gasteiger partial charge >= 0.3 is 0 Å².